The first-order chi connectivity index (χ1) is 21.5. The first-order valence-corrected chi connectivity index (χ1v) is 14.7. The molecule has 0 atom stereocenters. The molecule has 1 aromatic heterocycles. The average molecular weight is 641 g/mol. The Morgan fingerprint density at radius 2 is 1.78 bits per heavy atom. The van der Waals surface area contributed by atoms with Crippen LogP contribution < -0.4 is 19.7 Å². The Morgan fingerprint density at radius 3 is 2.44 bits per heavy atom. The van der Waals surface area contributed by atoms with E-state index in [0.29, 0.717) is 34.5 Å². The van der Waals surface area contributed by atoms with Crippen molar-refractivity contribution in [3.05, 3.63) is 90.4 Å². The Labute approximate surface area is 260 Å². The van der Waals surface area contributed by atoms with E-state index in [1.807, 2.05) is 23.1 Å². The van der Waals surface area contributed by atoms with Crippen LogP contribution in [0.25, 0.3) is 22.9 Å². The highest BCUT2D eigenvalue weighted by Crippen LogP contribution is 2.35. The quantitative estimate of drug-likeness (QED) is 0.199. The van der Waals surface area contributed by atoms with Crippen LogP contribution in [0.1, 0.15) is 30.9 Å². The largest absolute Gasteiger partial charge is 0.573 e. The number of hydrogen-bond donors (Lipinski definition) is 1. The van der Waals surface area contributed by atoms with Gasteiger partial charge < -0.3 is 19.7 Å². The number of rotatable bonds is 8. The molecule has 1 N–H and O–H groups in total. The predicted molar refractivity (Wildman–Crippen MR) is 165 cm³/mol. The number of halogens is 4. The highest BCUT2D eigenvalue weighted by molar-refractivity contribution is 8.14. The number of carbonyl (C=O) groups excluding carboxylic acids is 1. The van der Waals surface area contributed by atoms with Gasteiger partial charge in [0.05, 0.1) is 12.8 Å². The van der Waals surface area contributed by atoms with Crippen molar-refractivity contribution in [1.29, 1.82) is 0 Å². The van der Waals surface area contributed by atoms with E-state index in [-0.39, 0.29) is 17.2 Å². The third-order valence-electron chi connectivity index (χ3n) is 6.69. The fourth-order valence-corrected chi connectivity index (χ4v) is 5.47. The number of aliphatic imine (C=N–C) groups is 1. The molecule has 0 spiro atoms. The highest BCUT2D eigenvalue weighted by atomic mass is 32.2. The second-order valence-electron chi connectivity index (χ2n) is 10.0. The van der Waals surface area contributed by atoms with Crippen LogP contribution in [0, 0.1) is 0 Å². The van der Waals surface area contributed by atoms with E-state index >= 15 is 0 Å². The molecule has 1 aliphatic rings. The van der Waals surface area contributed by atoms with Crippen LogP contribution >= 0.6 is 11.8 Å². The van der Waals surface area contributed by atoms with Crippen molar-refractivity contribution in [2.24, 2.45) is 4.99 Å². The Balaban J connectivity index is 1.23. The normalized spacial score (nSPS) is 14.7. The molecule has 9 nitrogen and oxygen atoms in total. The maximum Gasteiger partial charge on any atom is 0.573 e. The van der Waals surface area contributed by atoms with Crippen molar-refractivity contribution in [2.75, 3.05) is 24.3 Å². The lowest BCUT2D eigenvalue weighted by atomic mass is 10.00. The molecule has 2 amide bonds. The molecule has 14 heteroatoms. The van der Waals surface area contributed by atoms with Gasteiger partial charge in [-0.25, -0.2) is 18.9 Å². The van der Waals surface area contributed by atoms with Gasteiger partial charge in [0.1, 0.15) is 23.7 Å². The van der Waals surface area contributed by atoms with Crippen molar-refractivity contribution < 1.29 is 31.8 Å². The highest BCUT2D eigenvalue weighted by Gasteiger charge is 2.31. The molecule has 1 aliphatic heterocycles. The van der Waals surface area contributed by atoms with E-state index in [2.05, 4.69) is 39.0 Å². The summed E-state index contributed by atoms with van der Waals surface area (Å²) in [5.41, 5.74) is 3.26. The first kappa shape index (κ1) is 31.6. The average Bonchev–Trinajstić information content (AvgIpc) is 3.69. The molecule has 4 aromatic rings. The number of benzene rings is 3. The van der Waals surface area contributed by atoms with Gasteiger partial charge in [0.25, 0.3) is 0 Å². The summed E-state index contributed by atoms with van der Waals surface area (Å²) < 4.78 is 62.8. The van der Waals surface area contributed by atoms with Crippen molar-refractivity contribution >= 4 is 34.5 Å². The SMILES string of the molecule is COc1ccc(C(C)C)c(N2CCS/C2=N\C(=O)N/C=C(\F)c2ccc(-c3ncn(-c4ccc(OC(F)(F)F)cc4)n3)cc2)c1. The molecule has 0 aliphatic carbocycles. The van der Waals surface area contributed by atoms with Crippen LogP contribution in [0.15, 0.2) is 84.2 Å². The van der Waals surface area contributed by atoms with Gasteiger partial charge in [0, 0.05) is 41.4 Å². The second-order valence-corrected chi connectivity index (χ2v) is 11.1. The molecule has 0 bridgehead atoms. The lowest BCUT2D eigenvalue weighted by molar-refractivity contribution is -0.274. The van der Waals surface area contributed by atoms with Gasteiger partial charge in [0.15, 0.2) is 11.0 Å². The summed E-state index contributed by atoms with van der Waals surface area (Å²) in [5, 5.41) is 7.25. The minimum atomic E-state index is -4.78. The number of thioether (sulfide) groups is 1. The summed E-state index contributed by atoms with van der Waals surface area (Å²) in [6.45, 7) is 4.84. The summed E-state index contributed by atoms with van der Waals surface area (Å²) in [6.07, 6.45) is -2.42. The zero-order valence-corrected chi connectivity index (χ0v) is 25.2. The molecule has 45 heavy (non-hydrogen) atoms. The zero-order valence-electron chi connectivity index (χ0n) is 24.4. The Kier molecular flexibility index (Phi) is 9.42. The third-order valence-corrected chi connectivity index (χ3v) is 7.65. The number of methoxy groups -OCH3 is 1. The van der Waals surface area contributed by atoms with Crippen molar-refractivity contribution in [1.82, 2.24) is 20.1 Å². The van der Waals surface area contributed by atoms with Crippen LogP contribution in [0.3, 0.4) is 0 Å². The van der Waals surface area contributed by atoms with Crippen LogP contribution in [0.2, 0.25) is 0 Å². The van der Waals surface area contributed by atoms with E-state index in [0.717, 1.165) is 23.2 Å². The smallest absolute Gasteiger partial charge is 0.497 e. The minimum absolute atomic E-state index is 0.209. The van der Waals surface area contributed by atoms with E-state index in [1.165, 1.54) is 59.2 Å². The number of nitrogens with one attached hydrogen (secondary N) is 1. The third kappa shape index (κ3) is 7.81. The van der Waals surface area contributed by atoms with Gasteiger partial charge in [-0.2, -0.15) is 4.99 Å². The predicted octanol–water partition coefficient (Wildman–Crippen LogP) is 7.55. The van der Waals surface area contributed by atoms with Gasteiger partial charge in [0.2, 0.25) is 0 Å². The lowest BCUT2D eigenvalue weighted by Crippen LogP contribution is -2.27. The number of amides is 2. The lowest BCUT2D eigenvalue weighted by Gasteiger charge is -2.23. The standard InChI is InChI=1S/C31H28F4N6O3S/c1-19(2)25-13-12-24(43-3)16-27(25)40-14-15-45-30(40)38-29(42)36-17-26(32)20-4-6-21(7-5-20)28-37-18-41(39-28)22-8-10-23(11-9-22)44-31(33,34)35/h4-13,16-19H,14-15H2,1-3H3,(H,36,42)/b26-17-,38-30-. The van der Waals surface area contributed by atoms with E-state index in [1.54, 1.807) is 19.2 Å². The number of amidine groups is 1. The molecular formula is C31H28F4N6O3S. The van der Waals surface area contributed by atoms with Crippen molar-refractivity contribution in [3.63, 3.8) is 0 Å². The first-order valence-electron chi connectivity index (χ1n) is 13.7. The van der Waals surface area contributed by atoms with Crippen LogP contribution in [-0.4, -0.2) is 51.7 Å². The van der Waals surface area contributed by atoms with E-state index in [9.17, 15) is 22.4 Å². The van der Waals surface area contributed by atoms with Gasteiger partial charge in [-0.3, -0.25) is 0 Å². The Morgan fingerprint density at radius 1 is 1.07 bits per heavy atom. The maximum absolute atomic E-state index is 14.9. The van der Waals surface area contributed by atoms with Gasteiger partial charge >= 0.3 is 12.4 Å². The van der Waals surface area contributed by atoms with Gasteiger partial charge in [-0.1, -0.05) is 55.9 Å². The van der Waals surface area contributed by atoms with Crippen LogP contribution in [0.4, 0.5) is 28.0 Å². The van der Waals surface area contributed by atoms with Crippen LogP contribution in [0.5, 0.6) is 11.5 Å². The van der Waals surface area contributed by atoms with Gasteiger partial charge in [-0.05, 0) is 41.8 Å². The number of ether oxygens (including phenoxy) is 2. The number of nitrogens with zero attached hydrogens (tertiary/aromatic N) is 5. The maximum atomic E-state index is 14.9. The summed E-state index contributed by atoms with van der Waals surface area (Å²) in [6, 6.07) is 16.5. The number of alkyl halides is 3. The molecule has 3 aromatic carbocycles. The minimum Gasteiger partial charge on any atom is -0.497 e. The Bertz CT molecular complexity index is 1720. The number of carbonyl (C=O) groups is 1. The molecule has 0 unspecified atom stereocenters. The monoisotopic (exact) mass is 640 g/mol. The summed E-state index contributed by atoms with van der Waals surface area (Å²) >= 11 is 1.44. The summed E-state index contributed by atoms with van der Waals surface area (Å²) in [5.74, 6) is 0.968. The topological polar surface area (TPSA) is 93.9 Å². The fraction of sp³-hybridized carbons (Fsp3) is 0.226. The van der Waals surface area contributed by atoms with Crippen LogP contribution in [-0.2, 0) is 0 Å². The summed E-state index contributed by atoms with van der Waals surface area (Å²) in [4.78, 5) is 23.0. The number of anilines is 1. The molecule has 5 rings (SSSR count). The number of aromatic nitrogens is 3. The van der Waals surface area contributed by atoms with E-state index in [4.69, 9.17) is 4.74 Å². The molecule has 0 saturated carbocycles. The second kappa shape index (κ2) is 13.4. The molecule has 234 valence electrons. The molecule has 1 fully saturated rings. The fourth-order valence-electron chi connectivity index (χ4n) is 4.52. The number of hydrogen-bond acceptors (Lipinski definition) is 6. The molecule has 1 saturated heterocycles. The molecular weight excluding hydrogens is 612 g/mol. The Hall–Kier alpha value is -4.85. The zero-order chi connectivity index (χ0) is 32.1. The van der Waals surface area contributed by atoms with Crippen molar-refractivity contribution in [3.8, 4) is 28.6 Å². The number of urea groups is 1. The van der Waals surface area contributed by atoms with Gasteiger partial charge in [-0.15, -0.1) is 18.3 Å². The van der Waals surface area contributed by atoms with Crippen molar-refractivity contribution in [2.45, 2.75) is 26.1 Å². The summed E-state index contributed by atoms with van der Waals surface area (Å²) in [7, 11) is 1.60. The molecule has 2 heterocycles. The molecule has 0 radical (unpaired) electrons. The van der Waals surface area contributed by atoms with E-state index < -0.39 is 18.2 Å².